The maximum atomic E-state index is 13.4. The molecule has 0 aromatic carbocycles. The fourth-order valence-electron chi connectivity index (χ4n) is 8.53. The van der Waals surface area contributed by atoms with Crippen molar-refractivity contribution in [1.29, 1.82) is 0 Å². The van der Waals surface area contributed by atoms with Crippen LogP contribution in [0.2, 0.25) is 0 Å². The molecule has 4 aliphatic carbocycles. The van der Waals surface area contributed by atoms with E-state index in [0.29, 0.717) is 48.2 Å². The fourth-order valence-corrected chi connectivity index (χ4v) is 8.53. The molecule has 0 radical (unpaired) electrons. The highest BCUT2D eigenvalue weighted by atomic mass is 16.5. The lowest BCUT2D eigenvalue weighted by molar-refractivity contribution is -0.160. The third-order valence-electron chi connectivity index (χ3n) is 10.2. The number of Topliss-reactive ketones (excluding diaryl/α,β-unsaturated/α-hetero) is 1. The molecule has 4 nitrogen and oxygen atoms in total. The van der Waals surface area contributed by atoms with Gasteiger partial charge in [-0.25, -0.2) is 0 Å². The molecule has 1 N–H and O–H groups in total. The van der Waals surface area contributed by atoms with Crippen LogP contribution in [0.25, 0.3) is 0 Å². The average molecular weight is 405 g/mol. The maximum absolute atomic E-state index is 13.4. The molecule has 9 atom stereocenters. The third kappa shape index (κ3) is 3.38. The van der Waals surface area contributed by atoms with Crippen molar-refractivity contribution in [2.75, 3.05) is 7.11 Å². The number of carbonyl (C=O) groups is 2. The molecule has 4 heteroatoms. The number of aliphatic hydroxyl groups excluding tert-OH is 1. The van der Waals surface area contributed by atoms with Gasteiger partial charge >= 0.3 is 5.97 Å². The third-order valence-corrected chi connectivity index (χ3v) is 10.2. The highest BCUT2D eigenvalue weighted by Crippen LogP contribution is 2.67. The number of aliphatic hydroxyl groups is 1. The van der Waals surface area contributed by atoms with Crippen LogP contribution in [-0.4, -0.2) is 30.1 Å². The van der Waals surface area contributed by atoms with Crippen LogP contribution in [0.5, 0.6) is 0 Å². The Labute approximate surface area is 176 Å². The SMILES string of the molecule is COC(=O)CC[C@@H](C)[C@H]1CC[C@H]2C3C(=O)C[C@@H]4C[C@H](O)CC[C@]4(C)[C@H]3CCC12C. The van der Waals surface area contributed by atoms with Gasteiger partial charge in [0.2, 0.25) is 0 Å². The minimum Gasteiger partial charge on any atom is -0.469 e. The van der Waals surface area contributed by atoms with Crippen LogP contribution < -0.4 is 0 Å². The first-order valence-electron chi connectivity index (χ1n) is 12.0. The van der Waals surface area contributed by atoms with Crippen LogP contribution in [-0.2, 0) is 14.3 Å². The summed E-state index contributed by atoms with van der Waals surface area (Å²) in [6.45, 7) is 7.18. The zero-order valence-corrected chi connectivity index (χ0v) is 18.8. The van der Waals surface area contributed by atoms with Crippen molar-refractivity contribution in [3.05, 3.63) is 0 Å². The summed E-state index contributed by atoms with van der Waals surface area (Å²) in [5.41, 5.74) is 0.456. The van der Waals surface area contributed by atoms with E-state index >= 15 is 0 Å². The first-order chi connectivity index (χ1) is 13.7. The van der Waals surface area contributed by atoms with Gasteiger partial charge in [-0.3, -0.25) is 9.59 Å². The number of ether oxygens (including phenoxy) is 1. The minimum atomic E-state index is -0.210. The Kier molecular flexibility index (Phi) is 5.63. The van der Waals surface area contributed by atoms with E-state index in [1.807, 2.05) is 0 Å². The van der Waals surface area contributed by atoms with Crippen molar-refractivity contribution in [3.8, 4) is 0 Å². The summed E-state index contributed by atoms with van der Waals surface area (Å²) in [6, 6.07) is 0. The van der Waals surface area contributed by atoms with Gasteiger partial charge in [-0.15, -0.1) is 0 Å². The van der Waals surface area contributed by atoms with Crippen LogP contribution in [0.3, 0.4) is 0 Å². The summed E-state index contributed by atoms with van der Waals surface area (Å²) in [7, 11) is 1.47. The Bertz CT molecular complexity index is 659. The number of hydrogen-bond donors (Lipinski definition) is 1. The second-order valence-corrected chi connectivity index (χ2v) is 11.4. The first-order valence-corrected chi connectivity index (χ1v) is 12.0. The fraction of sp³-hybridized carbons (Fsp3) is 0.920. The van der Waals surface area contributed by atoms with Crippen LogP contribution in [0.4, 0.5) is 0 Å². The Morgan fingerprint density at radius 2 is 1.83 bits per heavy atom. The molecule has 164 valence electrons. The van der Waals surface area contributed by atoms with E-state index in [9.17, 15) is 14.7 Å². The topological polar surface area (TPSA) is 63.6 Å². The van der Waals surface area contributed by atoms with Crippen LogP contribution in [0.1, 0.15) is 85.0 Å². The summed E-state index contributed by atoms with van der Waals surface area (Å²) in [6.07, 6.45) is 9.40. The zero-order valence-electron chi connectivity index (χ0n) is 18.8. The lowest BCUT2D eigenvalue weighted by Crippen LogP contribution is -2.57. The number of methoxy groups -OCH3 is 1. The summed E-state index contributed by atoms with van der Waals surface area (Å²) in [5.74, 6) is 3.08. The van der Waals surface area contributed by atoms with Gasteiger partial charge in [-0.1, -0.05) is 20.8 Å². The second kappa shape index (κ2) is 7.66. The van der Waals surface area contributed by atoms with E-state index in [2.05, 4.69) is 20.8 Å². The van der Waals surface area contributed by atoms with E-state index in [-0.39, 0.29) is 28.8 Å². The molecule has 4 saturated carbocycles. The number of hydrogen-bond acceptors (Lipinski definition) is 4. The number of rotatable bonds is 4. The first kappa shape index (κ1) is 21.3. The Morgan fingerprint density at radius 3 is 2.55 bits per heavy atom. The van der Waals surface area contributed by atoms with E-state index in [1.165, 1.54) is 26.4 Å². The lowest BCUT2D eigenvalue weighted by atomic mass is 9.44. The van der Waals surface area contributed by atoms with E-state index in [4.69, 9.17) is 4.74 Å². The molecule has 0 aromatic rings. The summed E-state index contributed by atoms with van der Waals surface area (Å²) in [4.78, 5) is 25.0. The van der Waals surface area contributed by atoms with Gasteiger partial charge in [0.1, 0.15) is 5.78 Å². The van der Waals surface area contributed by atoms with Gasteiger partial charge in [-0.2, -0.15) is 0 Å². The van der Waals surface area contributed by atoms with Crippen molar-refractivity contribution in [1.82, 2.24) is 0 Å². The highest BCUT2D eigenvalue weighted by Gasteiger charge is 2.62. The molecule has 0 aromatic heterocycles. The molecule has 4 rings (SSSR count). The molecular weight excluding hydrogens is 364 g/mol. The van der Waals surface area contributed by atoms with Crippen molar-refractivity contribution in [3.63, 3.8) is 0 Å². The predicted octanol–water partition coefficient (Wildman–Crippen LogP) is 4.77. The monoisotopic (exact) mass is 404 g/mol. The van der Waals surface area contributed by atoms with Gasteiger partial charge in [0.25, 0.3) is 0 Å². The highest BCUT2D eigenvalue weighted by molar-refractivity contribution is 5.83. The molecule has 2 unspecified atom stereocenters. The largest absolute Gasteiger partial charge is 0.469 e. The molecule has 0 bridgehead atoms. The number of carbonyl (C=O) groups excluding carboxylic acids is 2. The Morgan fingerprint density at radius 1 is 1.14 bits per heavy atom. The van der Waals surface area contributed by atoms with Gasteiger partial charge < -0.3 is 9.84 Å². The Hall–Kier alpha value is -0.900. The van der Waals surface area contributed by atoms with Crippen LogP contribution >= 0.6 is 0 Å². The van der Waals surface area contributed by atoms with Gasteiger partial charge in [0, 0.05) is 18.8 Å². The standard InChI is InChI=1S/C25H40O4/c1-15(5-8-22(28)29-4)18-6-7-19-23-20(10-12-25(18,19)3)24(2)11-9-17(26)13-16(24)14-21(23)27/h15-20,23,26H,5-14H2,1-4H3/t15-,16+,17-,18-,19+,20+,23?,24+,25?/m1/s1. The van der Waals surface area contributed by atoms with Gasteiger partial charge in [0.15, 0.2) is 0 Å². The number of fused-ring (bicyclic) bond motifs is 5. The average Bonchev–Trinajstić information content (AvgIpc) is 3.04. The molecule has 0 spiro atoms. The second-order valence-electron chi connectivity index (χ2n) is 11.4. The Balaban J connectivity index is 1.53. The van der Waals surface area contributed by atoms with Crippen molar-refractivity contribution in [2.45, 2.75) is 91.1 Å². The molecule has 0 aliphatic heterocycles. The lowest BCUT2D eigenvalue weighted by Gasteiger charge is -2.60. The molecule has 0 heterocycles. The van der Waals surface area contributed by atoms with Crippen molar-refractivity contribution < 1.29 is 19.4 Å². The molecule has 29 heavy (non-hydrogen) atoms. The quantitative estimate of drug-likeness (QED) is 0.685. The number of esters is 1. The summed E-state index contributed by atoms with van der Waals surface area (Å²) in [5, 5.41) is 10.2. The van der Waals surface area contributed by atoms with Crippen molar-refractivity contribution in [2.24, 2.45) is 46.3 Å². The number of ketones is 1. The van der Waals surface area contributed by atoms with E-state index in [1.54, 1.807) is 0 Å². The van der Waals surface area contributed by atoms with E-state index < -0.39 is 0 Å². The van der Waals surface area contributed by atoms with Gasteiger partial charge in [-0.05, 0) is 91.8 Å². The summed E-state index contributed by atoms with van der Waals surface area (Å²) >= 11 is 0. The van der Waals surface area contributed by atoms with Crippen LogP contribution in [0.15, 0.2) is 0 Å². The van der Waals surface area contributed by atoms with Crippen molar-refractivity contribution >= 4 is 11.8 Å². The normalized spacial score (nSPS) is 47.7. The predicted molar refractivity (Wildman–Crippen MR) is 112 cm³/mol. The molecular formula is C25H40O4. The smallest absolute Gasteiger partial charge is 0.305 e. The summed E-state index contributed by atoms with van der Waals surface area (Å²) < 4.78 is 4.85. The molecule has 4 fully saturated rings. The van der Waals surface area contributed by atoms with E-state index in [0.717, 1.165) is 32.1 Å². The van der Waals surface area contributed by atoms with Gasteiger partial charge in [0.05, 0.1) is 13.2 Å². The maximum Gasteiger partial charge on any atom is 0.305 e. The zero-order chi connectivity index (χ0) is 21.0. The van der Waals surface area contributed by atoms with Crippen LogP contribution in [0, 0.1) is 46.3 Å². The molecule has 4 aliphatic rings. The molecule has 0 saturated heterocycles. The minimum absolute atomic E-state index is 0.110. The molecule has 0 amide bonds.